The van der Waals surface area contributed by atoms with Gasteiger partial charge < -0.3 is 20.5 Å². The minimum Gasteiger partial charge on any atom is -0.501 e. The zero-order valence-corrected chi connectivity index (χ0v) is 12.7. The van der Waals surface area contributed by atoms with Gasteiger partial charge in [-0.05, 0) is 17.7 Å². The Morgan fingerprint density at radius 2 is 1.92 bits per heavy atom. The van der Waals surface area contributed by atoms with E-state index in [1.807, 2.05) is 0 Å². The van der Waals surface area contributed by atoms with Crippen LogP contribution in [0.15, 0.2) is 41.5 Å². The molecular formula is C15H15FN4O4. The van der Waals surface area contributed by atoms with Crippen LogP contribution in [0.1, 0.15) is 16.1 Å². The molecule has 2 aromatic heterocycles. The summed E-state index contributed by atoms with van der Waals surface area (Å²) >= 11 is 0. The van der Waals surface area contributed by atoms with Crippen molar-refractivity contribution < 1.29 is 19.4 Å². The molecule has 0 saturated carbocycles. The summed E-state index contributed by atoms with van der Waals surface area (Å²) in [7, 11) is 1.62. The van der Waals surface area contributed by atoms with Crippen LogP contribution < -0.4 is 11.3 Å². The fourth-order valence-electron chi connectivity index (χ4n) is 1.90. The van der Waals surface area contributed by atoms with Crippen molar-refractivity contribution in [1.82, 2.24) is 14.0 Å². The number of hydrogen-bond acceptors (Lipinski definition) is 5. The molecule has 4 N–H and O–H groups in total. The second-order valence-corrected chi connectivity index (χ2v) is 4.83. The highest BCUT2D eigenvalue weighted by atomic mass is 19.1. The van der Waals surface area contributed by atoms with Gasteiger partial charge in [0, 0.05) is 26.0 Å². The van der Waals surface area contributed by atoms with Crippen molar-refractivity contribution in [3.05, 3.63) is 64.1 Å². The largest absolute Gasteiger partial charge is 0.501 e. The average Bonchev–Trinajstić information content (AvgIpc) is 2.93. The van der Waals surface area contributed by atoms with Gasteiger partial charge in [-0.2, -0.15) is 0 Å². The molecule has 3 aromatic rings. The van der Waals surface area contributed by atoms with E-state index in [0.717, 1.165) is 9.96 Å². The van der Waals surface area contributed by atoms with Gasteiger partial charge in [0.05, 0.1) is 0 Å². The number of carbonyl (C=O) groups is 1. The zero-order chi connectivity index (χ0) is 17.9. The third kappa shape index (κ3) is 3.41. The lowest BCUT2D eigenvalue weighted by Crippen LogP contribution is -2.18. The van der Waals surface area contributed by atoms with Crippen LogP contribution in [-0.2, 0) is 13.6 Å². The van der Waals surface area contributed by atoms with E-state index >= 15 is 0 Å². The molecule has 9 heteroatoms. The third-order valence-electron chi connectivity index (χ3n) is 3.18. The zero-order valence-electron chi connectivity index (χ0n) is 12.7. The number of fused-ring (bicyclic) bond motifs is 1. The maximum absolute atomic E-state index is 12.2. The number of aromatic nitrogens is 3. The van der Waals surface area contributed by atoms with Gasteiger partial charge in [0.15, 0.2) is 5.69 Å². The Bertz CT molecular complexity index is 931. The van der Waals surface area contributed by atoms with Gasteiger partial charge >= 0.3 is 11.5 Å². The predicted molar refractivity (Wildman–Crippen MR) is 83.3 cm³/mol. The normalized spacial score (nSPS) is 10.3. The van der Waals surface area contributed by atoms with Crippen LogP contribution in [-0.4, -0.2) is 30.1 Å². The van der Waals surface area contributed by atoms with Crippen LogP contribution in [0.25, 0.3) is 5.78 Å². The van der Waals surface area contributed by atoms with Crippen molar-refractivity contribution in [2.45, 2.75) is 6.54 Å². The molecule has 8 nitrogen and oxygen atoms in total. The number of carboxylic acid groups (broad SMARTS) is 1. The Hall–Kier alpha value is -3.20. The number of imidazole rings is 1. The molecule has 0 aliphatic carbocycles. The topological polar surface area (TPSA) is 123 Å². The lowest BCUT2D eigenvalue weighted by atomic mass is 10.2. The predicted octanol–water partition coefficient (Wildman–Crippen LogP) is 0.721. The van der Waals surface area contributed by atoms with Gasteiger partial charge in [-0.15, -0.1) is 0 Å². The summed E-state index contributed by atoms with van der Waals surface area (Å²) in [5.74, 6) is -2.35. The van der Waals surface area contributed by atoms with E-state index in [1.54, 1.807) is 19.2 Å². The highest BCUT2D eigenvalue weighted by Crippen LogP contribution is 2.10. The number of aryl methyl sites for hydroxylation is 1. The minimum atomic E-state index is -1.44. The first kappa shape index (κ1) is 17.2. The van der Waals surface area contributed by atoms with Crippen LogP contribution in [0.5, 0.6) is 5.75 Å². The molecule has 0 atom stereocenters. The van der Waals surface area contributed by atoms with Crippen molar-refractivity contribution in [2.24, 2.45) is 12.8 Å². The van der Waals surface area contributed by atoms with Crippen molar-refractivity contribution in [3.63, 3.8) is 0 Å². The van der Waals surface area contributed by atoms with Gasteiger partial charge in [0.2, 0.25) is 11.5 Å². The second-order valence-electron chi connectivity index (χ2n) is 4.83. The Kier molecular flexibility index (Phi) is 4.95. The van der Waals surface area contributed by atoms with E-state index in [-0.39, 0.29) is 11.6 Å². The van der Waals surface area contributed by atoms with Crippen molar-refractivity contribution in [3.8, 4) is 5.75 Å². The van der Waals surface area contributed by atoms with Gasteiger partial charge in [0.1, 0.15) is 5.82 Å². The Balaban J connectivity index is 0.000000198. The molecule has 0 spiro atoms. The van der Waals surface area contributed by atoms with Crippen molar-refractivity contribution in [1.29, 1.82) is 0 Å². The summed E-state index contributed by atoms with van der Waals surface area (Å²) < 4.78 is 14.7. The number of rotatable bonds is 2. The quantitative estimate of drug-likeness (QED) is 0.634. The molecule has 3 rings (SSSR count). The van der Waals surface area contributed by atoms with E-state index in [2.05, 4.69) is 4.98 Å². The molecule has 0 radical (unpaired) electrons. The van der Waals surface area contributed by atoms with Crippen LogP contribution in [0.4, 0.5) is 4.39 Å². The lowest BCUT2D eigenvalue weighted by Gasteiger charge is -2.00. The Morgan fingerprint density at radius 3 is 2.46 bits per heavy atom. The van der Waals surface area contributed by atoms with Gasteiger partial charge in [-0.1, -0.05) is 12.1 Å². The van der Waals surface area contributed by atoms with E-state index in [4.69, 9.17) is 10.8 Å². The molecule has 0 saturated heterocycles. The smallest absolute Gasteiger partial charge is 0.358 e. The number of aromatic carboxylic acids is 1. The molecule has 126 valence electrons. The molecule has 24 heavy (non-hydrogen) atoms. The second kappa shape index (κ2) is 6.92. The number of benzene rings is 1. The Morgan fingerprint density at radius 1 is 1.29 bits per heavy atom. The maximum Gasteiger partial charge on any atom is 0.358 e. The first-order valence-electron chi connectivity index (χ1n) is 6.79. The molecule has 0 unspecified atom stereocenters. The monoisotopic (exact) mass is 334 g/mol. The van der Waals surface area contributed by atoms with E-state index in [1.165, 1.54) is 29.1 Å². The molecule has 1 aromatic carbocycles. The van der Waals surface area contributed by atoms with Crippen molar-refractivity contribution in [2.75, 3.05) is 0 Å². The fourth-order valence-corrected chi connectivity index (χ4v) is 1.90. The summed E-state index contributed by atoms with van der Waals surface area (Å²) in [6.07, 6.45) is 2.94. The van der Waals surface area contributed by atoms with E-state index < -0.39 is 23.0 Å². The van der Waals surface area contributed by atoms with E-state index in [0.29, 0.717) is 6.54 Å². The minimum absolute atomic E-state index is 0.162. The van der Waals surface area contributed by atoms with Gasteiger partial charge in [0.25, 0.3) is 0 Å². The first-order chi connectivity index (χ1) is 11.3. The summed E-state index contributed by atoms with van der Waals surface area (Å²) in [6.45, 7) is 0.472. The summed E-state index contributed by atoms with van der Waals surface area (Å²) in [5, 5.41) is 18.0. The summed E-state index contributed by atoms with van der Waals surface area (Å²) in [6, 6.07) is 6.16. The summed E-state index contributed by atoms with van der Waals surface area (Å²) in [4.78, 5) is 25.8. The molecular weight excluding hydrogens is 319 g/mol. The van der Waals surface area contributed by atoms with Gasteiger partial charge in [-0.25, -0.2) is 18.6 Å². The number of carboxylic acids is 1. The average molecular weight is 334 g/mol. The van der Waals surface area contributed by atoms with Crippen LogP contribution in [0, 0.1) is 5.82 Å². The van der Waals surface area contributed by atoms with Crippen LogP contribution >= 0.6 is 0 Å². The number of nitrogens with two attached hydrogens (primary N) is 1. The fraction of sp³-hybridized carbons (Fsp3) is 0.133. The van der Waals surface area contributed by atoms with E-state index in [9.17, 15) is 19.1 Å². The van der Waals surface area contributed by atoms with Crippen LogP contribution in [0.2, 0.25) is 0 Å². The molecule has 0 aliphatic heterocycles. The third-order valence-corrected chi connectivity index (χ3v) is 3.18. The maximum atomic E-state index is 12.2. The van der Waals surface area contributed by atoms with Crippen LogP contribution in [0.3, 0.4) is 0 Å². The number of hydrogen-bond donors (Lipinski definition) is 3. The summed E-state index contributed by atoms with van der Waals surface area (Å²) in [5.41, 5.74) is 4.80. The highest BCUT2D eigenvalue weighted by molar-refractivity contribution is 5.88. The highest BCUT2D eigenvalue weighted by Gasteiger charge is 2.18. The lowest BCUT2D eigenvalue weighted by molar-refractivity contribution is 0.0686. The number of aromatic hydroxyl groups is 1. The van der Waals surface area contributed by atoms with Crippen molar-refractivity contribution >= 4 is 11.7 Å². The molecule has 0 aliphatic rings. The number of nitrogens with zero attached hydrogens (tertiary/aromatic N) is 3. The molecule has 0 fully saturated rings. The molecule has 0 amide bonds. The molecule has 0 bridgehead atoms. The Labute approximate surface area is 135 Å². The van der Waals surface area contributed by atoms with Gasteiger partial charge in [-0.3, -0.25) is 4.79 Å². The number of halogens is 1. The SMILES string of the molecule is Cn1ccn2c(=O)c(O)c(C(=O)O)nc12.NCc1ccc(F)cc1. The molecule has 2 heterocycles. The standard InChI is InChI=1S/C8H7N3O4.C7H8FN/c1-10-2-3-11-6(13)5(12)4(7(14)15)9-8(10)11;8-7-3-1-6(5-9)2-4-7/h2-3,12H,1H3,(H,14,15);1-4H,5,9H2. The first-order valence-corrected chi connectivity index (χ1v) is 6.79.